The molecular weight excluding hydrogens is 334 g/mol. The molecule has 4 nitrogen and oxygen atoms in total. The highest BCUT2D eigenvalue weighted by Gasteiger charge is 2.08. The first-order chi connectivity index (χ1) is 10.7. The molecule has 0 aliphatic heterocycles. The molecule has 0 unspecified atom stereocenters. The van der Waals surface area contributed by atoms with Gasteiger partial charge in [0, 0.05) is 17.0 Å². The molecule has 3 aromatic rings. The number of nitrogens with one attached hydrogen (secondary N) is 1. The van der Waals surface area contributed by atoms with Crippen LogP contribution in [0.1, 0.15) is 21.0 Å². The molecule has 0 spiro atoms. The highest BCUT2D eigenvalue weighted by Crippen LogP contribution is 2.23. The summed E-state index contributed by atoms with van der Waals surface area (Å²) < 4.78 is 5.77. The van der Waals surface area contributed by atoms with E-state index in [9.17, 15) is 4.79 Å². The number of hydrogen-bond acceptors (Lipinski definition) is 4. The SMILES string of the molecule is Cl.O=C(O)c1cccc(-c2ccc(CNCc3cccs3)o2)c1. The highest BCUT2D eigenvalue weighted by molar-refractivity contribution is 7.09. The molecule has 0 saturated heterocycles. The number of aromatic carboxylic acids is 1. The monoisotopic (exact) mass is 349 g/mol. The van der Waals surface area contributed by atoms with Gasteiger partial charge in [0.1, 0.15) is 11.5 Å². The van der Waals surface area contributed by atoms with Crippen LogP contribution in [0.4, 0.5) is 0 Å². The molecule has 0 atom stereocenters. The summed E-state index contributed by atoms with van der Waals surface area (Å²) in [5.74, 6) is 0.564. The van der Waals surface area contributed by atoms with Crippen LogP contribution in [0.5, 0.6) is 0 Å². The average molecular weight is 350 g/mol. The second kappa shape index (κ2) is 7.97. The van der Waals surface area contributed by atoms with E-state index in [0.717, 1.165) is 17.9 Å². The standard InChI is InChI=1S/C17H15NO3S.ClH/c19-17(20)13-4-1-3-12(9-13)16-7-6-14(21-16)10-18-11-15-5-2-8-22-15;/h1-9,18H,10-11H2,(H,19,20);1H. The zero-order chi connectivity index (χ0) is 15.4. The van der Waals surface area contributed by atoms with Crippen molar-refractivity contribution in [3.05, 3.63) is 70.1 Å². The van der Waals surface area contributed by atoms with Crippen LogP contribution in [-0.2, 0) is 13.1 Å². The van der Waals surface area contributed by atoms with Gasteiger partial charge in [0.05, 0.1) is 12.1 Å². The molecule has 2 N–H and O–H groups in total. The molecule has 0 fully saturated rings. The molecule has 23 heavy (non-hydrogen) atoms. The Morgan fingerprint density at radius 3 is 2.74 bits per heavy atom. The third-order valence-corrected chi connectivity index (χ3v) is 4.11. The van der Waals surface area contributed by atoms with Gasteiger partial charge in [0.2, 0.25) is 0 Å². The van der Waals surface area contributed by atoms with Crippen LogP contribution >= 0.6 is 23.7 Å². The fourth-order valence-electron chi connectivity index (χ4n) is 2.16. The number of carboxylic acids is 1. The van der Waals surface area contributed by atoms with E-state index in [1.165, 1.54) is 4.88 Å². The summed E-state index contributed by atoms with van der Waals surface area (Å²) >= 11 is 1.72. The number of rotatable bonds is 6. The number of carbonyl (C=O) groups is 1. The van der Waals surface area contributed by atoms with Gasteiger partial charge in [-0.15, -0.1) is 23.7 Å². The maximum absolute atomic E-state index is 11.0. The minimum atomic E-state index is -0.939. The van der Waals surface area contributed by atoms with Crippen LogP contribution in [0.2, 0.25) is 0 Å². The lowest BCUT2D eigenvalue weighted by molar-refractivity contribution is 0.0697. The maximum atomic E-state index is 11.0. The third-order valence-electron chi connectivity index (χ3n) is 3.23. The van der Waals surface area contributed by atoms with Crippen molar-refractivity contribution in [3.8, 4) is 11.3 Å². The summed E-state index contributed by atoms with van der Waals surface area (Å²) in [4.78, 5) is 12.3. The Kier molecular flexibility index (Phi) is 5.98. The summed E-state index contributed by atoms with van der Waals surface area (Å²) in [6, 6.07) is 14.6. The number of benzene rings is 1. The molecule has 0 radical (unpaired) electrons. The van der Waals surface area contributed by atoms with E-state index in [1.807, 2.05) is 24.3 Å². The molecular formula is C17H16ClNO3S. The van der Waals surface area contributed by atoms with Crippen LogP contribution in [0.25, 0.3) is 11.3 Å². The largest absolute Gasteiger partial charge is 0.478 e. The van der Waals surface area contributed by atoms with Gasteiger partial charge >= 0.3 is 5.97 Å². The molecule has 2 heterocycles. The van der Waals surface area contributed by atoms with E-state index in [0.29, 0.717) is 12.3 Å². The van der Waals surface area contributed by atoms with Gasteiger partial charge < -0.3 is 14.8 Å². The third kappa shape index (κ3) is 4.45. The van der Waals surface area contributed by atoms with E-state index < -0.39 is 5.97 Å². The maximum Gasteiger partial charge on any atom is 0.335 e. The van der Waals surface area contributed by atoms with Gasteiger partial charge in [-0.25, -0.2) is 4.79 Å². The zero-order valence-electron chi connectivity index (χ0n) is 12.2. The Morgan fingerprint density at radius 2 is 2.00 bits per heavy atom. The number of carboxylic acid groups (broad SMARTS) is 1. The molecule has 0 bridgehead atoms. The lowest BCUT2D eigenvalue weighted by Gasteiger charge is -2.01. The fourth-order valence-corrected chi connectivity index (χ4v) is 2.83. The van der Waals surface area contributed by atoms with Crippen LogP contribution in [0.15, 0.2) is 58.3 Å². The van der Waals surface area contributed by atoms with Gasteiger partial charge in [-0.05, 0) is 35.7 Å². The quantitative estimate of drug-likeness (QED) is 0.691. The van der Waals surface area contributed by atoms with Crippen LogP contribution < -0.4 is 5.32 Å². The average Bonchev–Trinajstić information content (AvgIpc) is 3.19. The fraction of sp³-hybridized carbons (Fsp3) is 0.118. The first-order valence-electron chi connectivity index (χ1n) is 6.88. The highest BCUT2D eigenvalue weighted by atomic mass is 35.5. The van der Waals surface area contributed by atoms with Crippen molar-refractivity contribution in [1.29, 1.82) is 0 Å². The minimum Gasteiger partial charge on any atom is -0.478 e. The van der Waals surface area contributed by atoms with Gasteiger partial charge in [0.25, 0.3) is 0 Å². The Morgan fingerprint density at radius 1 is 1.13 bits per heavy atom. The van der Waals surface area contributed by atoms with Crippen molar-refractivity contribution in [3.63, 3.8) is 0 Å². The molecule has 0 aliphatic carbocycles. The smallest absolute Gasteiger partial charge is 0.335 e. The van der Waals surface area contributed by atoms with Gasteiger partial charge in [-0.1, -0.05) is 18.2 Å². The van der Waals surface area contributed by atoms with Gasteiger partial charge in [-0.2, -0.15) is 0 Å². The zero-order valence-corrected chi connectivity index (χ0v) is 13.8. The van der Waals surface area contributed by atoms with E-state index >= 15 is 0 Å². The van der Waals surface area contributed by atoms with Crippen molar-refractivity contribution in [1.82, 2.24) is 5.32 Å². The number of thiophene rings is 1. The summed E-state index contributed by atoms with van der Waals surface area (Å²) in [6.07, 6.45) is 0. The van der Waals surface area contributed by atoms with Crippen molar-refractivity contribution in [2.24, 2.45) is 0 Å². The van der Waals surface area contributed by atoms with Crippen LogP contribution in [-0.4, -0.2) is 11.1 Å². The van der Waals surface area contributed by atoms with Crippen molar-refractivity contribution >= 4 is 29.7 Å². The van der Waals surface area contributed by atoms with E-state index in [4.69, 9.17) is 9.52 Å². The Labute approximate surface area is 144 Å². The minimum absolute atomic E-state index is 0. The second-order valence-electron chi connectivity index (χ2n) is 4.83. The normalized spacial score (nSPS) is 10.3. The molecule has 0 amide bonds. The lowest BCUT2D eigenvalue weighted by Crippen LogP contribution is -2.10. The van der Waals surface area contributed by atoms with E-state index in [-0.39, 0.29) is 18.0 Å². The number of hydrogen-bond donors (Lipinski definition) is 2. The number of halogens is 1. The molecule has 6 heteroatoms. The first kappa shape index (κ1) is 17.3. The van der Waals surface area contributed by atoms with Gasteiger partial charge in [-0.3, -0.25) is 0 Å². The Bertz CT molecular complexity index is 768. The molecule has 0 aliphatic rings. The van der Waals surface area contributed by atoms with Crippen molar-refractivity contribution in [2.45, 2.75) is 13.1 Å². The first-order valence-corrected chi connectivity index (χ1v) is 7.76. The van der Waals surface area contributed by atoms with Crippen LogP contribution in [0, 0.1) is 0 Å². The molecule has 2 aromatic heterocycles. The Balaban J connectivity index is 0.00000192. The predicted molar refractivity (Wildman–Crippen MR) is 93.2 cm³/mol. The predicted octanol–water partition coefficient (Wildman–Crippen LogP) is 4.42. The lowest BCUT2D eigenvalue weighted by atomic mass is 10.1. The summed E-state index contributed by atoms with van der Waals surface area (Å²) in [5.41, 5.74) is 1.02. The number of furan rings is 1. The summed E-state index contributed by atoms with van der Waals surface area (Å²) in [5, 5.41) is 14.4. The van der Waals surface area contributed by atoms with Gasteiger partial charge in [0.15, 0.2) is 0 Å². The molecule has 120 valence electrons. The summed E-state index contributed by atoms with van der Waals surface area (Å²) in [6.45, 7) is 1.44. The van der Waals surface area contributed by atoms with Crippen molar-refractivity contribution in [2.75, 3.05) is 0 Å². The summed E-state index contributed by atoms with van der Waals surface area (Å²) in [7, 11) is 0. The molecule has 3 rings (SSSR count). The Hall–Kier alpha value is -2.08. The van der Waals surface area contributed by atoms with E-state index in [2.05, 4.69) is 16.8 Å². The molecule has 1 aromatic carbocycles. The van der Waals surface area contributed by atoms with Crippen LogP contribution in [0.3, 0.4) is 0 Å². The van der Waals surface area contributed by atoms with E-state index in [1.54, 1.807) is 29.5 Å². The second-order valence-corrected chi connectivity index (χ2v) is 5.87. The molecule has 0 saturated carbocycles. The van der Waals surface area contributed by atoms with Crippen molar-refractivity contribution < 1.29 is 14.3 Å². The topological polar surface area (TPSA) is 62.5 Å².